The van der Waals surface area contributed by atoms with Crippen molar-refractivity contribution in [2.24, 2.45) is 10.9 Å². The Morgan fingerprint density at radius 3 is 2.81 bits per heavy atom. The van der Waals surface area contributed by atoms with E-state index in [2.05, 4.69) is 24.2 Å². The first-order valence-electron chi connectivity index (χ1n) is 7.16. The highest BCUT2D eigenvalue weighted by molar-refractivity contribution is 8.14. The van der Waals surface area contributed by atoms with E-state index in [0.29, 0.717) is 17.5 Å². The van der Waals surface area contributed by atoms with Gasteiger partial charge in [0.2, 0.25) is 0 Å². The summed E-state index contributed by atoms with van der Waals surface area (Å²) in [5.74, 6) is 1.64. The van der Waals surface area contributed by atoms with Crippen LogP contribution in [0.5, 0.6) is 0 Å². The summed E-state index contributed by atoms with van der Waals surface area (Å²) in [7, 11) is 0. The molecule has 0 amide bonds. The van der Waals surface area contributed by atoms with Crippen LogP contribution in [0.1, 0.15) is 31.4 Å². The van der Waals surface area contributed by atoms with Gasteiger partial charge >= 0.3 is 0 Å². The summed E-state index contributed by atoms with van der Waals surface area (Å²) in [4.78, 5) is 15.2. The minimum absolute atomic E-state index is 0.154. The van der Waals surface area contributed by atoms with Gasteiger partial charge in [-0.1, -0.05) is 32.0 Å². The molecule has 1 aliphatic heterocycles. The molecular formula is C15H21N3O2S. The Morgan fingerprint density at radius 1 is 1.48 bits per heavy atom. The number of nitrogens with one attached hydrogen (secondary N) is 1. The standard InChI is InChI=1S/C15H21N3O2S/c1-5-9(2)13-8-21-15(17-13)16-12-6-11(4)14(18(19)20)7-10(12)3/h6-7,9,13H,5,8H2,1-4H3,(H,16,17)/t9?,13-/m1/s1. The lowest BCUT2D eigenvalue weighted by Crippen LogP contribution is -2.32. The van der Waals surface area contributed by atoms with Gasteiger partial charge in [0, 0.05) is 23.4 Å². The Morgan fingerprint density at radius 2 is 2.19 bits per heavy atom. The van der Waals surface area contributed by atoms with Crippen molar-refractivity contribution in [3.8, 4) is 0 Å². The highest BCUT2D eigenvalue weighted by atomic mass is 32.2. The quantitative estimate of drug-likeness (QED) is 0.675. The molecule has 5 nitrogen and oxygen atoms in total. The SMILES string of the molecule is CCC(C)[C@H]1CSC(=Nc2cc(C)c([N+](=O)[O-])cc2C)N1. The number of rotatable bonds is 4. The second kappa shape index (κ2) is 6.47. The molecule has 1 fully saturated rings. The van der Waals surface area contributed by atoms with Crippen molar-refractivity contribution in [2.45, 2.75) is 40.2 Å². The number of hydrogen-bond donors (Lipinski definition) is 1. The molecule has 6 heteroatoms. The molecule has 0 bridgehead atoms. The molecule has 1 aromatic carbocycles. The predicted octanol–water partition coefficient (Wildman–Crippen LogP) is 3.95. The Hall–Kier alpha value is -1.56. The van der Waals surface area contributed by atoms with Crippen LogP contribution in [0.25, 0.3) is 0 Å². The highest BCUT2D eigenvalue weighted by Crippen LogP contribution is 2.30. The molecule has 1 aliphatic rings. The maximum atomic E-state index is 10.9. The Balaban J connectivity index is 2.22. The molecule has 1 N–H and O–H groups in total. The first kappa shape index (κ1) is 15.8. The van der Waals surface area contributed by atoms with Crippen LogP contribution in [-0.4, -0.2) is 21.9 Å². The molecule has 2 atom stereocenters. The van der Waals surface area contributed by atoms with Crippen LogP contribution in [0.3, 0.4) is 0 Å². The third kappa shape index (κ3) is 3.56. The number of thioether (sulfide) groups is 1. The van der Waals surface area contributed by atoms with Crippen molar-refractivity contribution < 1.29 is 4.92 Å². The van der Waals surface area contributed by atoms with Crippen LogP contribution >= 0.6 is 11.8 Å². The molecule has 0 saturated carbocycles. The van der Waals surface area contributed by atoms with Crippen LogP contribution in [0, 0.1) is 29.9 Å². The van der Waals surface area contributed by atoms with E-state index in [1.54, 1.807) is 30.8 Å². The van der Waals surface area contributed by atoms with Crippen molar-refractivity contribution in [1.29, 1.82) is 0 Å². The Bertz CT molecular complexity index is 587. The summed E-state index contributed by atoms with van der Waals surface area (Å²) in [6.07, 6.45) is 1.14. The van der Waals surface area contributed by atoms with Gasteiger partial charge in [-0.3, -0.25) is 10.1 Å². The average Bonchev–Trinajstić information content (AvgIpc) is 2.89. The number of benzene rings is 1. The number of aryl methyl sites for hydroxylation is 2. The molecule has 1 aromatic rings. The van der Waals surface area contributed by atoms with E-state index in [-0.39, 0.29) is 10.6 Å². The second-order valence-electron chi connectivity index (χ2n) is 5.55. The molecule has 1 heterocycles. The summed E-state index contributed by atoms with van der Waals surface area (Å²) in [5, 5.41) is 15.3. The van der Waals surface area contributed by atoms with Crippen molar-refractivity contribution >= 4 is 28.3 Å². The van der Waals surface area contributed by atoms with Crippen LogP contribution in [0.2, 0.25) is 0 Å². The first-order valence-corrected chi connectivity index (χ1v) is 8.14. The number of hydrogen-bond acceptors (Lipinski definition) is 4. The summed E-state index contributed by atoms with van der Waals surface area (Å²) < 4.78 is 0. The fraction of sp³-hybridized carbons (Fsp3) is 0.533. The monoisotopic (exact) mass is 307 g/mol. The second-order valence-corrected chi connectivity index (χ2v) is 6.56. The number of nitro benzene ring substituents is 1. The van der Waals surface area contributed by atoms with Crippen LogP contribution in [0.15, 0.2) is 17.1 Å². The van der Waals surface area contributed by atoms with Crippen LogP contribution < -0.4 is 5.32 Å². The Kier molecular flexibility index (Phi) is 4.88. The molecule has 2 rings (SSSR count). The highest BCUT2D eigenvalue weighted by Gasteiger charge is 2.24. The zero-order valence-corrected chi connectivity index (χ0v) is 13.7. The van der Waals surface area contributed by atoms with Crippen molar-refractivity contribution in [3.05, 3.63) is 33.4 Å². The van der Waals surface area contributed by atoms with Gasteiger partial charge in [-0.05, 0) is 31.4 Å². The lowest BCUT2D eigenvalue weighted by molar-refractivity contribution is -0.385. The van der Waals surface area contributed by atoms with E-state index in [4.69, 9.17) is 0 Å². The van der Waals surface area contributed by atoms with Gasteiger partial charge in [0.05, 0.1) is 10.6 Å². The first-order chi connectivity index (χ1) is 9.92. The van der Waals surface area contributed by atoms with Gasteiger partial charge in [0.25, 0.3) is 5.69 Å². The summed E-state index contributed by atoms with van der Waals surface area (Å²) in [5.41, 5.74) is 2.43. The largest absolute Gasteiger partial charge is 0.361 e. The van der Waals surface area contributed by atoms with Crippen LogP contribution in [-0.2, 0) is 0 Å². The molecule has 0 radical (unpaired) electrons. The average molecular weight is 307 g/mol. The van der Waals surface area contributed by atoms with Gasteiger partial charge in [0.15, 0.2) is 5.17 Å². The molecule has 0 aromatic heterocycles. The minimum atomic E-state index is -0.346. The number of amidine groups is 1. The summed E-state index contributed by atoms with van der Waals surface area (Å²) in [6.45, 7) is 8.04. The number of nitrogens with zero attached hydrogens (tertiary/aromatic N) is 2. The molecule has 0 spiro atoms. The lowest BCUT2D eigenvalue weighted by atomic mass is 10.0. The van der Waals surface area contributed by atoms with E-state index in [1.807, 2.05) is 6.92 Å². The van der Waals surface area contributed by atoms with E-state index in [9.17, 15) is 10.1 Å². The Labute approximate surface area is 129 Å². The van der Waals surface area contributed by atoms with E-state index >= 15 is 0 Å². The van der Waals surface area contributed by atoms with Gasteiger partial charge in [-0.2, -0.15) is 0 Å². The maximum Gasteiger partial charge on any atom is 0.272 e. The van der Waals surface area contributed by atoms with Crippen LogP contribution in [0.4, 0.5) is 11.4 Å². The maximum absolute atomic E-state index is 10.9. The fourth-order valence-corrected chi connectivity index (χ4v) is 3.43. The van der Waals surface area contributed by atoms with E-state index in [1.165, 1.54) is 0 Å². The molecule has 1 saturated heterocycles. The molecule has 114 valence electrons. The lowest BCUT2D eigenvalue weighted by Gasteiger charge is -2.16. The smallest absolute Gasteiger partial charge is 0.272 e. The molecular weight excluding hydrogens is 286 g/mol. The zero-order chi connectivity index (χ0) is 15.6. The van der Waals surface area contributed by atoms with Gasteiger partial charge in [-0.25, -0.2) is 4.99 Å². The van der Waals surface area contributed by atoms with Crippen molar-refractivity contribution in [2.75, 3.05) is 5.75 Å². The molecule has 0 aliphatic carbocycles. The summed E-state index contributed by atoms with van der Waals surface area (Å²) >= 11 is 1.72. The number of aliphatic imine (C=N–C) groups is 1. The predicted molar refractivity (Wildman–Crippen MR) is 88.5 cm³/mol. The van der Waals surface area contributed by atoms with Gasteiger partial charge < -0.3 is 5.32 Å². The minimum Gasteiger partial charge on any atom is -0.361 e. The van der Waals surface area contributed by atoms with E-state index < -0.39 is 0 Å². The molecule has 1 unspecified atom stereocenters. The third-order valence-corrected chi connectivity index (χ3v) is 4.98. The normalized spacial score (nSPS) is 21.3. The van der Waals surface area contributed by atoms with Gasteiger partial charge in [0.1, 0.15) is 0 Å². The van der Waals surface area contributed by atoms with Crippen molar-refractivity contribution in [3.63, 3.8) is 0 Å². The fourth-order valence-electron chi connectivity index (χ4n) is 2.28. The number of nitro groups is 1. The third-order valence-electron chi connectivity index (χ3n) is 3.97. The molecule has 21 heavy (non-hydrogen) atoms. The summed E-state index contributed by atoms with van der Waals surface area (Å²) in [6, 6.07) is 3.85. The van der Waals surface area contributed by atoms with Gasteiger partial charge in [-0.15, -0.1) is 0 Å². The topological polar surface area (TPSA) is 67.5 Å². The zero-order valence-electron chi connectivity index (χ0n) is 12.8. The van der Waals surface area contributed by atoms with Crippen molar-refractivity contribution in [1.82, 2.24) is 5.32 Å². The van der Waals surface area contributed by atoms with E-state index in [0.717, 1.165) is 28.6 Å².